The minimum absolute atomic E-state index is 0.0743. The van der Waals surface area contributed by atoms with Crippen LogP contribution in [0.5, 0.6) is 0 Å². The van der Waals surface area contributed by atoms with Crippen molar-refractivity contribution < 1.29 is 9.18 Å². The zero-order valence-electron chi connectivity index (χ0n) is 12.8. The number of carbonyl (C=O) groups excluding carboxylic acids is 1. The summed E-state index contributed by atoms with van der Waals surface area (Å²) in [5.41, 5.74) is 1.38. The van der Waals surface area contributed by atoms with E-state index in [1.165, 1.54) is 17.7 Å². The van der Waals surface area contributed by atoms with Crippen LogP contribution < -0.4 is 10.6 Å². The van der Waals surface area contributed by atoms with E-state index < -0.39 is 5.82 Å². The zero-order valence-corrected chi connectivity index (χ0v) is 14.4. The summed E-state index contributed by atoms with van der Waals surface area (Å²) < 4.78 is 14.3. The van der Waals surface area contributed by atoms with E-state index in [9.17, 15) is 9.18 Å². The average Bonchev–Trinajstić information content (AvgIpc) is 2.54. The van der Waals surface area contributed by atoms with Crippen molar-refractivity contribution in [2.45, 2.75) is 12.8 Å². The molecule has 0 unspecified atom stereocenters. The van der Waals surface area contributed by atoms with Gasteiger partial charge in [-0.3, -0.25) is 4.79 Å². The summed E-state index contributed by atoms with van der Waals surface area (Å²) in [6.07, 6.45) is 1.79. The Bertz CT molecular complexity index is 634. The first-order valence-corrected chi connectivity index (χ1v) is 8.44. The summed E-state index contributed by atoms with van der Waals surface area (Å²) in [5, 5.41) is 6.07. The van der Waals surface area contributed by atoms with E-state index in [0.29, 0.717) is 11.0 Å². The molecule has 2 aromatic rings. The van der Waals surface area contributed by atoms with Gasteiger partial charge in [-0.15, -0.1) is 0 Å². The molecule has 0 spiro atoms. The minimum Gasteiger partial charge on any atom is -0.352 e. The molecule has 2 N–H and O–H groups in total. The molecular formula is C18H20BrFN2O. The van der Waals surface area contributed by atoms with Gasteiger partial charge in [-0.2, -0.15) is 0 Å². The first-order valence-electron chi connectivity index (χ1n) is 7.65. The maximum absolute atomic E-state index is 13.6. The minimum atomic E-state index is -0.516. The highest BCUT2D eigenvalue weighted by atomic mass is 79.9. The molecule has 0 aliphatic heterocycles. The van der Waals surface area contributed by atoms with Crippen molar-refractivity contribution in [3.63, 3.8) is 0 Å². The molecule has 5 heteroatoms. The smallest absolute Gasteiger partial charge is 0.254 e. The van der Waals surface area contributed by atoms with Crippen LogP contribution in [-0.2, 0) is 6.42 Å². The van der Waals surface area contributed by atoms with Crippen molar-refractivity contribution in [3.8, 4) is 0 Å². The van der Waals surface area contributed by atoms with E-state index >= 15 is 0 Å². The molecule has 0 heterocycles. The third-order valence-electron chi connectivity index (χ3n) is 3.42. The third-order valence-corrected chi connectivity index (χ3v) is 3.92. The number of benzene rings is 2. The predicted molar refractivity (Wildman–Crippen MR) is 94.1 cm³/mol. The fourth-order valence-electron chi connectivity index (χ4n) is 2.19. The van der Waals surface area contributed by atoms with E-state index in [0.717, 1.165) is 25.9 Å². The Kier molecular flexibility index (Phi) is 7.23. The average molecular weight is 379 g/mol. The van der Waals surface area contributed by atoms with Gasteiger partial charge in [0.15, 0.2) is 0 Å². The van der Waals surface area contributed by atoms with E-state index in [1.807, 2.05) is 18.2 Å². The lowest BCUT2D eigenvalue weighted by Gasteiger charge is -2.07. The van der Waals surface area contributed by atoms with Crippen molar-refractivity contribution in [2.24, 2.45) is 0 Å². The Morgan fingerprint density at radius 3 is 2.57 bits per heavy atom. The monoisotopic (exact) mass is 378 g/mol. The summed E-state index contributed by atoms with van der Waals surface area (Å²) in [4.78, 5) is 11.9. The van der Waals surface area contributed by atoms with E-state index in [4.69, 9.17) is 0 Å². The maximum atomic E-state index is 13.6. The van der Waals surface area contributed by atoms with Crippen LogP contribution in [0.4, 0.5) is 4.39 Å². The van der Waals surface area contributed by atoms with Crippen molar-refractivity contribution in [1.82, 2.24) is 10.6 Å². The van der Waals surface area contributed by atoms with Gasteiger partial charge in [-0.25, -0.2) is 4.39 Å². The van der Waals surface area contributed by atoms with Gasteiger partial charge in [0.1, 0.15) is 5.82 Å². The molecule has 0 aliphatic carbocycles. The Morgan fingerprint density at radius 2 is 1.83 bits per heavy atom. The largest absolute Gasteiger partial charge is 0.352 e. The van der Waals surface area contributed by atoms with E-state index in [-0.39, 0.29) is 11.5 Å². The molecule has 2 aromatic carbocycles. The van der Waals surface area contributed by atoms with Crippen LogP contribution in [0.1, 0.15) is 22.3 Å². The fraction of sp³-hybridized carbons (Fsp3) is 0.278. The summed E-state index contributed by atoms with van der Waals surface area (Å²) >= 11 is 3.17. The topological polar surface area (TPSA) is 41.1 Å². The summed E-state index contributed by atoms with van der Waals surface area (Å²) in [6.45, 7) is 2.24. The summed E-state index contributed by atoms with van der Waals surface area (Å²) in [6, 6.07) is 14.7. The van der Waals surface area contributed by atoms with Crippen molar-refractivity contribution in [3.05, 3.63) is 69.9 Å². The van der Waals surface area contributed by atoms with Gasteiger partial charge in [-0.05, 0) is 49.7 Å². The molecule has 0 aliphatic rings. The molecular weight excluding hydrogens is 359 g/mol. The molecule has 0 fully saturated rings. The SMILES string of the molecule is O=C(NCCCNCCc1ccccc1)c1ccc(Br)cc1F. The molecule has 122 valence electrons. The highest BCUT2D eigenvalue weighted by molar-refractivity contribution is 9.10. The quantitative estimate of drug-likeness (QED) is 0.689. The Hall–Kier alpha value is -1.72. The van der Waals surface area contributed by atoms with Crippen molar-refractivity contribution >= 4 is 21.8 Å². The number of hydrogen-bond donors (Lipinski definition) is 2. The predicted octanol–water partition coefficient (Wildman–Crippen LogP) is 3.54. The molecule has 0 aromatic heterocycles. The normalized spacial score (nSPS) is 10.5. The van der Waals surface area contributed by atoms with Crippen molar-refractivity contribution in [2.75, 3.05) is 19.6 Å². The van der Waals surface area contributed by atoms with Crippen LogP contribution in [0.3, 0.4) is 0 Å². The summed E-state index contributed by atoms with van der Waals surface area (Å²) in [7, 11) is 0. The van der Waals surface area contributed by atoms with Gasteiger partial charge in [0.25, 0.3) is 5.91 Å². The van der Waals surface area contributed by atoms with Gasteiger partial charge in [-0.1, -0.05) is 46.3 Å². The number of hydrogen-bond acceptors (Lipinski definition) is 2. The number of amides is 1. The van der Waals surface area contributed by atoms with Crippen LogP contribution >= 0.6 is 15.9 Å². The van der Waals surface area contributed by atoms with Crippen LogP contribution in [0, 0.1) is 5.82 Å². The van der Waals surface area contributed by atoms with Crippen molar-refractivity contribution in [1.29, 1.82) is 0 Å². The van der Waals surface area contributed by atoms with Crippen LogP contribution in [0.2, 0.25) is 0 Å². The lowest BCUT2D eigenvalue weighted by atomic mass is 10.1. The van der Waals surface area contributed by atoms with Gasteiger partial charge in [0.05, 0.1) is 5.56 Å². The molecule has 0 atom stereocenters. The van der Waals surface area contributed by atoms with Gasteiger partial charge in [0, 0.05) is 11.0 Å². The highest BCUT2D eigenvalue weighted by Crippen LogP contribution is 2.15. The molecule has 23 heavy (non-hydrogen) atoms. The first kappa shape index (κ1) is 17.6. The molecule has 3 nitrogen and oxygen atoms in total. The van der Waals surface area contributed by atoms with Gasteiger partial charge < -0.3 is 10.6 Å². The summed E-state index contributed by atoms with van der Waals surface area (Å²) in [5.74, 6) is -0.892. The van der Waals surface area contributed by atoms with Gasteiger partial charge >= 0.3 is 0 Å². The van der Waals surface area contributed by atoms with Gasteiger partial charge in [0.2, 0.25) is 0 Å². The number of halogens is 2. The highest BCUT2D eigenvalue weighted by Gasteiger charge is 2.10. The van der Waals surface area contributed by atoms with E-state index in [1.54, 1.807) is 6.07 Å². The molecule has 0 saturated heterocycles. The second-order valence-corrected chi connectivity index (χ2v) is 6.13. The first-order chi connectivity index (χ1) is 11.2. The number of nitrogens with one attached hydrogen (secondary N) is 2. The lowest BCUT2D eigenvalue weighted by Crippen LogP contribution is -2.28. The standard InChI is InChI=1S/C18H20BrFN2O/c19-15-7-8-16(17(20)13-15)18(23)22-11-4-10-21-12-9-14-5-2-1-3-6-14/h1-3,5-8,13,21H,4,9-12H2,(H,22,23). The molecule has 1 amide bonds. The van der Waals surface area contributed by atoms with Crippen LogP contribution in [-0.4, -0.2) is 25.5 Å². The second-order valence-electron chi connectivity index (χ2n) is 5.22. The zero-order chi connectivity index (χ0) is 16.5. The Morgan fingerprint density at radius 1 is 1.04 bits per heavy atom. The fourth-order valence-corrected chi connectivity index (χ4v) is 2.52. The lowest BCUT2D eigenvalue weighted by molar-refractivity contribution is 0.0949. The second kappa shape index (κ2) is 9.43. The maximum Gasteiger partial charge on any atom is 0.254 e. The Balaban J connectivity index is 1.59. The molecule has 0 radical (unpaired) electrons. The molecule has 0 saturated carbocycles. The molecule has 0 bridgehead atoms. The number of carbonyl (C=O) groups is 1. The van der Waals surface area contributed by atoms with E-state index in [2.05, 4.69) is 38.7 Å². The van der Waals surface area contributed by atoms with Crippen LogP contribution in [0.15, 0.2) is 53.0 Å². The third kappa shape index (κ3) is 6.12. The number of rotatable bonds is 8. The van der Waals surface area contributed by atoms with Crippen LogP contribution in [0.25, 0.3) is 0 Å². The Labute approximate surface area is 144 Å². The molecule has 2 rings (SSSR count).